The lowest BCUT2D eigenvalue weighted by molar-refractivity contribution is 0.0951. The van der Waals surface area contributed by atoms with Gasteiger partial charge in [-0.1, -0.05) is 24.3 Å². The summed E-state index contributed by atoms with van der Waals surface area (Å²) in [6.45, 7) is 0.677. The van der Waals surface area contributed by atoms with E-state index in [9.17, 15) is 9.59 Å². The van der Waals surface area contributed by atoms with Crippen molar-refractivity contribution >= 4 is 22.6 Å². The minimum Gasteiger partial charge on any atom is -0.497 e. The molecule has 0 saturated heterocycles. The van der Waals surface area contributed by atoms with Crippen molar-refractivity contribution < 1.29 is 19.0 Å². The van der Waals surface area contributed by atoms with E-state index in [1.165, 1.54) is 10.5 Å². The summed E-state index contributed by atoms with van der Waals surface area (Å²) in [5, 5.41) is 12.1. The van der Waals surface area contributed by atoms with Crippen LogP contribution in [0.25, 0.3) is 16.7 Å². The van der Waals surface area contributed by atoms with Crippen molar-refractivity contribution in [1.29, 1.82) is 5.41 Å². The third kappa shape index (κ3) is 5.62. The van der Waals surface area contributed by atoms with Crippen LogP contribution >= 0.6 is 0 Å². The lowest BCUT2D eigenvalue weighted by atomic mass is 10.1. The number of nitrogens with one attached hydrogen (secondary N) is 2. The second-order valence-electron chi connectivity index (χ2n) is 9.43. The zero-order valence-corrected chi connectivity index (χ0v) is 23.1. The van der Waals surface area contributed by atoms with Crippen molar-refractivity contribution in [2.45, 2.75) is 19.4 Å². The molecule has 0 atom stereocenters. The molecule has 3 heterocycles. The highest BCUT2D eigenvalue weighted by Gasteiger charge is 2.18. The Morgan fingerprint density at radius 2 is 1.66 bits per heavy atom. The molecule has 0 aliphatic rings. The first-order valence-corrected chi connectivity index (χ1v) is 13.1. The lowest BCUT2D eigenvalue weighted by Gasteiger charge is -2.15. The number of carbonyl (C=O) groups excluding carboxylic acids is 1. The van der Waals surface area contributed by atoms with E-state index in [1.807, 2.05) is 42.5 Å². The number of pyridine rings is 2. The molecule has 0 aliphatic carbocycles. The summed E-state index contributed by atoms with van der Waals surface area (Å²) >= 11 is 0. The Hall–Kier alpha value is -5.12. The number of carbonyl (C=O) groups is 1. The fourth-order valence-corrected chi connectivity index (χ4v) is 4.76. The number of nitrogens with zero attached hydrogens (tertiary/aromatic N) is 3. The van der Waals surface area contributed by atoms with Crippen molar-refractivity contribution in [2.24, 2.45) is 0 Å². The topological polar surface area (TPSA) is 120 Å². The average molecular weight is 554 g/mol. The van der Waals surface area contributed by atoms with Gasteiger partial charge in [-0.2, -0.15) is 0 Å². The number of hydrogen-bond acceptors (Lipinski definition) is 7. The van der Waals surface area contributed by atoms with Crippen LogP contribution in [0.1, 0.15) is 21.5 Å². The Labute approximate surface area is 236 Å². The van der Waals surface area contributed by atoms with Crippen LogP contribution in [-0.4, -0.2) is 47.7 Å². The van der Waals surface area contributed by atoms with Crippen LogP contribution in [-0.2, 0) is 19.4 Å². The molecule has 3 aromatic heterocycles. The molecule has 0 aliphatic heterocycles. The van der Waals surface area contributed by atoms with E-state index in [-0.39, 0.29) is 22.0 Å². The largest absolute Gasteiger partial charge is 0.497 e. The van der Waals surface area contributed by atoms with Crippen LogP contribution < -0.4 is 30.6 Å². The first-order chi connectivity index (χ1) is 19.9. The molecule has 5 rings (SSSR count). The molecular formula is C31H31N5O5. The zero-order valence-electron chi connectivity index (χ0n) is 23.1. The van der Waals surface area contributed by atoms with Gasteiger partial charge in [-0.05, 0) is 66.4 Å². The molecule has 5 aromatic rings. The van der Waals surface area contributed by atoms with Crippen molar-refractivity contribution in [2.75, 3.05) is 27.9 Å². The molecule has 0 saturated carbocycles. The van der Waals surface area contributed by atoms with Crippen molar-refractivity contribution in [3.8, 4) is 17.2 Å². The van der Waals surface area contributed by atoms with Crippen LogP contribution in [0.5, 0.6) is 17.2 Å². The Kier molecular flexibility index (Phi) is 8.00. The van der Waals surface area contributed by atoms with E-state index in [0.717, 1.165) is 16.9 Å². The van der Waals surface area contributed by atoms with Gasteiger partial charge < -0.3 is 24.1 Å². The Balaban J connectivity index is 1.47. The average Bonchev–Trinajstić information content (AvgIpc) is 3.00. The normalized spacial score (nSPS) is 11.0. The van der Waals surface area contributed by atoms with Gasteiger partial charge in [0.2, 0.25) is 0 Å². The summed E-state index contributed by atoms with van der Waals surface area (Å²) in [5.74, 6) is 1.55. The fraction of sp³-hybridized carbons (Fsp3) is 0.226. The molecule has 2 aromatic carbocycles. The van der Waals surface area contributed by atoms with Gasteiger partial charge in [-0.25, -0.2) is 4.98 Å². The smallest absolute Gasteiger partial charge is 0.267 e. The quantitative estimate of drug-likeness (QED) is 0.256. The van der Waals surface area contributed by atoms with Crippen molar-refractivity contribution in [3.05, 3.63) is 105 Å². The van der Waals surface area contributed by atoms with E-state index in [1.54, 1.807) is 50.3 Å². The number of ether oxygens (including phenoxy) is 3. The second-order valence-corrected chi connectivity index (χ2v) is 9.43. The minimum absolute atomic E-state index is 0.0122. The predicted octanol–water partition coefficient (Wildman–Crippen LogP) is 3.37. The van der Waals surface area contributed by atoms with E-state index < -0.39 is 5.91 Å². The SMILES string of the molecule is COc1ccc(CCn2c(=N)c(C(=O)NCCc3ccc(OC)c(OC)c3)cc3c(=O)n4ccccc4nc32)cc1. The van der Waals surface area contributed by atoms with Crippen molar-refractivity contribution in [3.63, 3.8) is 0 Å². The Morgan fingerprint density at radius 3 is 2.39 bits per heavy atom. The van der Waals surface area contributed by atoms with Gasteiger partial charge in [-0.3, -0.25) is 19.4 Å². The monoisotopic (exact) mass is 553 g/mol. The van der Waals surface area contributed by atoms with E-state index in [4.69, 9.17) is 24.6 Å². The molecule has 0 fully saturated rings. The van der Waals surface area contributed by atoms with E-state index >= 15 is 0 Å². The van der Waals surface area contributed by atoms with E-state index in [2.05, 4.69) is 5.32 Å². The lowest BCUT2D eigenvalue weighted by Crippen LogP contribution is -2.36. The third-order valence-corrected chi connectivity index (χ3v) is 6.99. The zero-order chi connectivity index (χ0) is 28.9. The van der Waals surface area contributed by atoms with Crippen LogP contribution in [0, 0.1) is 5.41 Å². The number of methoxy groups -OCH3 is 3. The standard InChI is InChI=1S/C31H31N5O5/c1-39-22-10-7-20(8-11-22)14-17-36-28(32)23(19-24-29(36)34-27-6-4-5-16-35(27)31(24)38)30(37)33-15-13-21-9-12-25(40-2)26(18-21)41-3/h4-12,16,18-19,32H,13-15,17H2,1-3H3,(H,33,37). The number of rotatable bonds is 10. The van der Waals surface area contributed by atoms with Gasteiger partial charge in [0.05, 0.1) is 32.3 Å². The molecule has 0 spiro atoms. The number of amides is 1. The van der Waals surface area contributed by atoms with Gasteiger partial charge in [0, 0.05) is 19.3 Å². The van der Waals surface area contributed by atoms with Gasteiger partial charge in [0.25, 0.3) is 11.5 Å². The first kappa shape index (κ1) is 27.4. The summed E-state index contributed by atoms with van der Waals surface area (Å²) in [6.07, 6.45) is 2.75. The highest BCUT2D eigenvalue weighted by atomic mass is 16.5. The number of aryl methyl sites for hydroxylation is 2. The summed E-state index contributed by atoms with van der Waals surface area (Å²) in [4.78, 5) is 31.5. The molecule has 0 bridgehead atoms. The Morgan fingerprint density at radius 1 is 0.902 bits per heavy atom. The fourth-order valence-electron chi connectivity index (χ4n) is 4.76. The molecule has 210 valence electrons. The summed E-state index contributed by atoms with van der Waals surface area (Å²) in [5.41, 5.74) is 2.60. The molecule has 10 heteroatoms. The van der Waals surface area contributed by atoms with Crippen LogP contribution in [0.2, 0.25) is 0 Å². The molecule has 1 amide bonds. The second kappa shape index (κ2) is 12.0. The molecule has 0 radical (unpaired) electrons. The number of fused-ring (bicyclic) bond motifs is 2. The molecule has 0 unspecified atom stereocenters. The van der Waals surface area contributed by atoms with Crippen LogP contribution in [0.4, 0.5) is 0 Å². The molecule has 41 heavy (non-hydrogen) atoms. The summed E-state index contributed by atoms with van der Waals surface area (Å²) in [7, 11) is 4.76. The maximum atomic E-state index is 13.5. The molecule has 2 N–H and O–H groups in total. The molecule has 10 nitrogen and oxygen atoms in total. The maximum absolute atomic E-state index is 13.5. The summed E-state index contributed by atoms with van der Waals surface area (Å²) in [6, 6.07) is 20.0. The van der Waals surface area contributed by atoms with Crippen LogP contribution in [0.3, 0.4) is 0 Å². The Bertz CT molecular complexity index is 1840. The van der Waals surface area contributed by atoms with Gasteiger partial charge in [0.15, 0.2) is 11.5 Å². The predicted molar refractivity (Wildman–Crippen MR) is 155 cm³/mol. The summed E-state index contributed by atoms with van der Waals surface area (Å²) < 4.78 is 19.0. The van der Waals surface area contributed by atoms with Crippen molar-refractivity contribution in [1.82, 2.24) is 19.3 Å². The third-order valence-electron chi connectivity index (χ3n) is 6.99. The number of benzene rings is 2. The molecular weight excluding hydrogens is 522 g/mol. The highest BCUT2D eigenvalue weighted by molar-refractivity contribution is 5.96. The number of hydrogen-bond donors (Lipinski definition) is 2. The van der Waals surface area contributed by atoms with Gasteiger partial charge in [0.1, 0.15) is 22.5 Å². The maximum Gasteiger partial charge on any atom is 0.267 e. The van der Waals surface area contributed by atoms with Gasteiger partial charge in [-0.15, -0.1) is 0 Å². The first-order valence-electron chi connectivity index (χ1n) is 13.1. The highest BCUT2D eigenvalue weighted by Crippen LogP contribution is 2.27. The minimum atomic E-state index is -0.437. The van der Waals surface area contributed by atoms with Crippen LogP contribution in [0.15, 0.2) is 77.7 Å². The van der Waals surface area contributed by atoms with E-state index in [0.29, 0.717) is 48.7 Å². The number of aromatic nitrogens is 3. The van der Waals surface area contributed by atoms with Gasteiger partial charge >= 0.3 is 0 Å².